The van der Waals surface area contributed by atoms with E-state index in [-0.39, 0.29) is 67.5 Å². The minimum atomic E-state index is -0.745. The van der Waals surface area contributed by atoms with Crippen molar-refractivity contribution in [3.8, 4) is 0 Å². The van der Waals surface area contributed by atoms with Gasteiger partial charge >= 0.3 is 57.4 Å². The topological polar surface area (TPSA) is 71.4 Å². The summed E-state index contributed by atoms with van der Waals surface area (Å²) in [6.07, 6.45) is 4.29. The number of carboxylic acids is 1. The van der Waals surface area contributed by atoms with Crippen LogP contribution in [0.1, 0.15) is 39.5 Å². The van der Waals surface area contributed by atoms with Crippen molar-refractivity contribution in [2.45, 2.75) is 39.5 Å². The van der Waals surface area contributed by atoms with E-state index in [2.05, 4.69) is 12.6 Å². The smallest absolute Gasteiger partial charge is 0.742 e. The van der Waals surface area contributed by atoms with Gasteiger partial charge in [-0.05, 0) is 25.7 Å². The molecule has 0 amide bonds. The Bertz CT molecular complexity index is 300. The van der Waals surface area contributed by atoms with Gasteiger partial charge in [-0.1, -0.05) is 24.6 Å². The molecule has 4 nitrogen and oxygen atoms in total. The summed E-state index contributed by atoms with van der Waals surface area (Å²) in [5.41, 5.74) is 0. The average molecular weight is 331 g/mol. The molecule has 0 aromatic heterocycles. The number of thioether (sulfide) groups is 1. The molecule has 1 N–H and O–H groups in total. The van der Waals surface area contributed by atoms with Gasteiger partial charge in [-0.2, -0.15) is 0 Å². The zero-order valence-electron chi connectivity index (χ0n) is 11.7. The van der Waals surface area contributed by atoms with Crippen LogP contribution < -0.4 is 51.4 Å². The van der Waals surface area contributed by atoms with Crippen molar-refractivity contribution >= 4 is 40.6 Å². The molecule has 0 radical (unpaired) electrons. The van der Waals surface area contributed by atoms with E-state index in [1.54, 1.807) is 0 Å². The maximum atomic E-state index is 11.0. The van der Waals surface area contributed by atoms with Crippen LogP contribution >= 0.6 is 11.8 Å². The van der Waals surface area contributed by atoms with Crippen LogP contribution in [0.15, 0.2) is 0 Å². The second kappa shape index (κ2) is 12.7. The molecule has 1 unspecified atom stereocenters. The van der Waals surface area contributed by atoms with Gasteiger partial charge in [0.2, 0.25) is 0 Å². The number of hydrogen-bond donors (Lipinski definition) is 1. The molecule has 0 spiro atoms. The molecule has 0 aromatic carbocycles. The second-order valence-corrected chi connectivity index (χ2v) is 6.06. The van der Waals surface area contributed by atoms with Gasteiger partial charge in [0.05, 0.1) is 5.92 Å². The number of rotatable bonds is 4. The quantitative estimate of drug-likeness (QED) is 0.540. The Hall–Kier alpha value is 1.02. The minimum absolute atomic E-state index is 0. The molecule has 0 heterocycles. The second-order valence-electron chi connectivity index (χ2n) is 4.28. The number of carboxylic acid groups (broad SMARTS) is 1. The largest absolute Gasteiger partial charge is 1.00 e. The summed E-state index contributed by atoms with van der Waals surface area (Å²) in [6.45, 7) is 2.83. The van der Waals surface area contributed by atoms with Crippen molar-refractivity contribution in [1.29, 1.82) is 0 Å². The van der Waals surface area contributed by atoms with Crippen LogP contribution in [0.2, 0.25) is 0 Å². The van der Waals surface area contributed by atoms with Gasteiger partial charge in [0.15, 0.2) is 5.12 Å². The van der Waals surface area contributed by atoms with Crippen molar-refractivity contribution in [2.75, 3.05) is 5.75 Å². The van der Waals surface area contributed by atoms with Gasteiger partial charge in [0.1, 0.15) is 0 Å². The molecule has 0 bridgehead atoms. The fourth-order valence-electron chi connectivity index (χ4n) is 1.98. The first-order valence-corrected chi connectivity index (χ1v) is 7.27. The molecule has 1 fully saturated rings. The summed E-state index contributed by atoms with van der Waals surface area (Å²) >= 11 is 5.12. The maximum Gasteiger partial charge on any atom is 1.00 e. The van der Waals surface area contributed by atoms with E-state index >= 15 is 0 Å². The first-order valence-electron chi connectivity index (χ1n) is 5.88. The Labute approximate surface area is 166 Å². The van der Waals surface area contributed by atoms with Gasteiger partial charge < -0.3 is 22.5 Å². The number of aliphatic carboxylic acids is 1. The van der Waals surface area contributed by atoms with Crippen LogP contribution in [-0.2, 0) is 27.0 Å². The van der Waals surface area contributed by atoms with Crippen LogP contribution in [0.4, 0.5) is 0 Å². The molecule has 0 aliphatic heterocycles. The molecule has 1 atom stereocenters. The summed E-state index contributed by atoms with van der Waals surface area (Å²) in [7, 11) is 0. The van der Waals surface area contributed by atoms with Crippen LogP contribution in [-0.4, -0.2) is 27.1 Å². The Balaban J connectivity index is 0. The van der Waals surface area contributed by atoms with Crippen LogP contribution in [0.25, 0.3) is 0 Å². The Kier molecular flexibility index (Phi) is 14.9. The van der Waals surface area contributed by atoms with Crippen LogP contribution in [0, 0.1) is 11.8 Å². The fraction of sp³-hybridized carbons (Fsp3) is 0.750. The third-order valence-electron chi connectivity index (χ3n) is 2.75. The molecule has 104 valence electrons. The van der Waals surface area contributed by atoms with Gasteiger partial charge in [-0.25, -0.2) is 0 Å². The predicted molar refractivity (Wildman–Crippen MR) is 74.3 cm³/mol. The fourth-order valence-corrected chi connectivity index (χ4v) is 2.80. The van der Waals surface area contributed by atoms with E-state index < -0.39 is 5.97 Å². The van der Waals surface area contributed by atoms with E-state index in [1.807, 2.05) is 0 Å². The first-order chi connectivity index (χ1) is 8.34. The van der Waals surface area contributed by atoms with E-state index in [1.165, 1.54) is 13.8 Å². The van der Waals surface area contributed by atoms with Crippen LogP contribution in [0.3, 0.4) is 0 Å². The standard InChI is InChI=1S/C10H16O3S.C2H4OS.K/c1-7(11)14-6-9(10(12)13)8-4-2-3-5-8;1-2(3)4;/h8-9H,2-6H2,1H3,(H,12,13);1H3,(H,3,4);/q;;+1/p-1. The molecule has 0 aromatic rings. The molecule has 19 heavy (non-hydrogen) atoms. The van der Waals surface area contributed by atoms with Crippen LogP contribution in [0.5, 0.6) is 0 Å². The maximum absolute atomic E-state index is 11.0. The summed E-state index contributed by atoms with van der Waals surface area (Å²) in [5, 5.41) is 8.78. The molecular formula is C12H19KO4S2. The number of carbonyl (C=O) groups is 3. The van der Waals surface area contributed by atoms with Crippen molar-refractivity contribution in [1.82, 2.24) is 0 Å². The zero-order chi connectivity index (χ0) is 14.1. The summed E-state index contributed by atoms with van der Waals surface area (Å²) in [4.78, 5) is 31.0. The molecule has 1 aliphatic rings. The molecular weight excluding hydrogens is 311 g/mol. The van der Waals surface area contributed by atoms with Gasteiger partial charge in [-0.3, -0.25) is 9.59 Å². The number of carbonyl (C=O) groups excluding carboxylic acids is 2. The minimum Gasteiger partial charge on any atom is -0.742 e. The third kappa shape index (κ3) is 12.5. The third-order valence-corrected chi connectivity index (χ3v) is 3.68. The average Bonchev–Trinajstić information content (AvgIpc) is 2.69. The Morgan fingerprint density at radius 2 is 1.68 bits per heavy atom. The molecule has 7 heteroatoms. The van der Waals surface area contributed by atoms with E-state index in [0.29, 0.717) is 11.7 Å². The van der Waals surface area contributed by atoms with Gasteiger partial charge in [0.25, 0.3) is 0 Å². The molecule has 0 saturated heterocycles. The summed E-state index contributed by atoms with van der Waals surface area (Å²) < 4.78 is 0. The van der Waals surface area contributed by atoms with Crippen molar-refractivity contribution in [3.05, 3.63) is 0 Å². The van der Waals surface area contributed by atoms with E-state index in [0.717, 1.165) is 37.4 Å². The van der Waals surface area contributed by atoms with Gasteiger partial charge in [-0.15, -0.1) is 0 Å². The van der Waals surface area contributed by atoms with E-state index in [4.69, 9.17) is 5.11 Å². The summed E-state index contributed by atoms with van der Waals surface area (Å²) in [6, 6.07) is 0. The molecule has 1 rings (SSSR count). The van der Waals surface area contributed by atoms with E-state index in [9.17, 15) is 14.4 Å². The SMILES string of the molecule is CC(=O)SCC(C(=O)O)C1CCCC1.CC(=O)[S-].[K+]. The number of hydrogen-bond acceptors (Lipinski definition) is 5. The normalized spacial score (nSPS) is 15.7. The van der Waals surface area contributed by atoms with Crippen molar-refractivity contribution in [2.24, 2.45) is 11.8 Å². The van der Waals surface area contributed by atoms with Crippen molar-refractivity contribution in [3.63, 3.8) is 0 Å². The zero-order valence-corrected chi connectivity index (χ0v) is 16.4. The van der Waals surface area contributed by atoms with Gasteiger partial charge in [0, 0.05) is 17.8 Å². The Morgan fingerprint density at radius 1 is 1.26 bits per heavy atom. The summed E-state index contributed by atoms with van der Waals surface area (Å²) in [5.74, 6) is -0.341. The Morgan fingerprint density at radius 3 is 2.00 bits per heavy atom. The first kappa shape index (κ1) is 22.3. The monoisotopic (exact) mass is 330 g/mol. The van der Waals surface area contributed by atoms with Crippen molar-refractivity contribution < 1.29 is 70.9 Å². The predicted octanol–water partition coefficient (Wildman–Crippen LogP) is -0.759. The molecule has 1 saturated carbocycles. The molecule has 1 aliphatic carbocycles.